The lowest BCUT2D eigenvalue weighted by atomic mass is 10.2. The first-order valence-corrected chi connectivity index (χ1v) is 12.6. The van der Waals surface area contributed by atoms with E-state index in [9.17, 15) is 14.4 Å². The number of benzene rings is 2. The van der Waals surface area contributed by atoms with Crippen molar-refractivity contribution in [3.8, 4) is 11.5 Å². The summed E-state index contributed by atoms with van der Waals surface area (Å²) in [5.74, 6) is -1.44. The second kappa shape index (κ2) is 13.6. The molecule has 0 aliphatic carbocycles. The van der Waals surface area contributed by atoms with Crippen LogP contribution in [-0.4, -0.2) is 56.9 Å². The van der Waals surface area contributed by atoms with Crippen molar-refractivity contribution in [1.29, 1.82) is 0 Å². The van der Waals surface area contributed by atoms with Gasteiger partial charge in [0.1, 0.15) is 0 Å². The molecular weight excluding hydrogens is 626 g/mol. The van der Waals surface area contributed by atoms with E-state index in [4.69, 9.17) is 37.4 Å². The molecule has 3 N–H and O–H groups in total. The molecule has 3 rings (SSSR count). The maximum absolute atomic E-state index is 12.3. The topological polar surface area (TPSA) is 127 Å². The van der Waals surface area contributed by atoms with E-state index in [0.717, 1.165) is 12.8 Å². The van der Waals surface area contributed by atoms with Crippen molar-refractivity contribution >= 4 is 75.4 Å². The lowest BCUT2D eigenvalue weighted by Crippen LogP contribution is -2.41. The number of rotatable bonds is 9. The van der Waals surface area contributed by atoms with Crippen LogP contribution >= 0.6 is 45.8 Å². The fourth-order valence-corrected chi connectivity index (χ4v) is 4.32. The maximum Gasteiger partial charge on any atom is 0.329 e. The van der Waals surface area contributed by atoms with Gasteiger partial charge in [0.15, 0.2) is 18.1 Å². The average molecular weight is 649 g/mol. The number of hydrogen-bond acceptors (Lipinski definition) is 7. The summed E-state index contributed by atoms with van der Waals surface area (Å²) >= 11 is 14.1. The zero-order valence-corrected chi connectivity index (χ0v) is 22.8. The van der Waals surface area contributed by atoms with Gasteiger partial charge in [-0.1, -0.05) is 29.3 Å². The normalized spacial score (nSPS) is 14.9. The SMILES string of the molecule is COc1cc(/C=N\NC(=O)C(=O)NC[C@@H]2CCCO2)cc(I)c1OCC(=O)Nc1cccc(Cl)c1Cl. The number of amides is 3. The van der Waals surface area contributed by atoms with E-state index in [1.807, 2.05) is 22.6 Å². The summed E-state index contributed by atoms with van der Waals surface area (Å²) in [6.45, 7) is 0.630. The molecule has 1 saturated heterocycles. The Morgan fingerprint density at radius 3 is 2.78 bits per heavy atom. The minimum atomic E-state index is -0.892. The first kappa shape index (κ1) is 28.0. The van der Waals surface area contributed by atoms with E-state index in [2.05, 4.69) is 21.2 Å². The van der Waals surface area contributed by atoms with Crippen molar-refractivity contribution in [2.45, 2.75) is 18.9 Å². The Morgan fingerprint density at radius 2 is 2.06 bits per heavy atom. The largest absolute Gasteiger partial charge is 0.493 e. The molecule has 0 aromatic heterocycles. The summed E-state index contributed by atoms with van der Waals surface area (Å²) in [5, 5.41) is 9.53. The molecule has 0 radical (unpaired) electrons. The molecule has 1 aliphatic heterocycles. The molecule has 10 nitrogen and oxygen atoms in total. The Morgan fingerprint density at radius 1 is 1.25 bits per heavy atom. The van der Waals surface area contributed by atoms with Gasteiger partial charge in [0.25, 0.3) is 5.91 Å². The molecule has 13 heteroatoms. The van der Waals surface area contributed by atoms with Crippen molar-refractivity contribution < 1.29 is 28.6 Å². The smallest absolute Gasteiger partial charge is 0.329 e. The van der Waals surface area contributed by atoms with Gasteiger partial charge in [-0.25, -0.2) is 5.43 Å². The van der Waals surface area contributed by atoms with Gasteiger partial charge in [0.05, 0.1) is 38.7 Å². The number of hydrazone groups is 1. The number of anilines is 1. The van der Waals surface area contributed by atoms with E-state index in [0.29, 0.717) is 37.9 Å². The van der Waals surface area contributed by atoms with Gasteiger partial charge >= 0.3 is 11.8 Å². The average Bonchev–Trinajstić information content (AvgIpc) is 3.38. The lowest BCUT2D eigenvalue weighted by Gasteiger charge is -2.14. The highest BCUT2D eigenvalue weighted by Gasteiger charge is 2.19. The van der Waals surface area contributed by atoms with Crippen LogP contribution in [0, 0.1) is 3.57 Å². The fourth-order valence-electron chi connectivity index (χ4n) is 3.19. The van der Waals surface area contributed by atoms with E-state index >= 15 is 0 Å². The van der Waals surface area contributed by atoms with Crippen LogP contribution in [0.2, 0.25) is 10.0 Å². The Balaban J connectivity index is 1.54. The van der Waals surface area contributed by atoms with Crippen LogP contribution in [0.3, 0.4) is 0 Å². The Hall–Kier alpha value is -2.61. The van der Waals surface area contributed by atoms with E-state index in [1.165, 1.54) is 13.3 Å². The highest BCUT2D eigenvalue weighted by Crippen LogP contribution is 2.34. The van der Waals surface area contributed by atoms with Gasteiger partial charge in [-0.3, -0.25) is 14.4 Å². The first-order chi connectivity index (χ1) is 17.3. The molecule has 0 bridgehead atoms. The van der Waals surface area contributed by atoms with E-state index < -0.39 is 17.7 Å². The minimum absolute atomic E-state index is 0.0683. The zero-order valence-electron chi connectivity index (χ0n) is 19.1. The number of halogens is 3. The second-order valence-corrected chi connectivity index (χ2v) is 9.46. The van der Waals surface area contributed by atoms with Crippen LogP contribution in [-0.2, 0) is 19.1 Å². The number of nitrogens with zero attached hydrogens (tertiary/aromatic N) is 1. The third-order valence-electron chi connectivity index (χ3n) is 4.93. The van der Waals surface area contributed by atoms with Crippen LogP contribution < -0.4 is 25.5 Å². The molecule has 2 aromatic rings. The Labute approximate surface area is 231 Å². The molecule has 0 spiro atoms. The molecule has 0 unspecified atom stereocenters. The van der Waals surface area contributed by atoms with Gasteiger partial charge in [-0.15, -0.1) is 0 Å². The van der Waals surface area contributed by atoms with Crippen LogP contribution in [0.4, 0.5) is 5.69 Å². The van der Waals surface area contributed by atoms with Gasteiger partial charge < -0.3 is 24.8 Å². The minimum Gasteiger partial charge on any atom is -0.493 e. The second-order valence-electron chi connectivity index (χ2n) is 7.52. The van der Waals surface area contributed by atoms with E-state index in [1.54, 1.807) is 30.3 Å². The fraction of sp³-hybridized carbons (Fsp3) is 0.304. The monoisotopic (exact) mass is 648 g/mol. The summed E-state index contributed by atoms with van der Waals surface area (Å²) in [7, 11) is 1.45. The van der Waals surface area contributed by atoms with Crippen LogP contribution in [0.15, 0.2) is 35.4 Å². The summed E-state index contributed by atoms with van der Waals surface area (Å²) in [6.07, 6.45) is 3.07. The highest BCUT2D eigenvalue weighted by molar-refractivity contribution is 14.1. The highest BCUT2D eigenvalue weighted by atomic mass is 127. The number of ether oxygens (including phenoxy) is 3. The molecule has 192 valence electrons. The molecule has 1 fully saturated rings. The third kappa shape index (κ3) is 7.95. The predicted molar refractivity (Wildman–Crippen MR) is 144 cm³/mol. The molecule has 1 aliphatic rings. The first-order valence-electron chi connectivity index (χ1n) is 10.8. The van der Waals surface area contributed by atoms with Gasteiger partial charge in [-0.2, -0.15) is 5.10 Å². The van der Waals surface area contributed by atoms with Crippen molar-refractivity contribution in [3.05, 3.63) is 49.5 Å². The standard InChI is InChI=1S/C23H23Cl2IN4O6/c1-34-18-9-13(10-28-30-23(33)22(32)27-11-14-4-3-7-35-14)8-16(26)21(18)36-12-19(31)29-17-6-2-5-15(24)20(17)25/h2,5-6,8-10,14H,3-4,7,11-12H2,1H3,(H,27,32)(H,29,31)(H,30,33)/b28-10-/t14-/m0/s1. The molecule has 0 saturated carbocycles. The number of carbonyl (C=O) groups is 3. The summed E-state index contributed by atoms with van der Waals surface area (Å²) in [5.41, 5.74) is 3.12. The van der Waals surface area contributed by atoms with E-state index in [-0.39, 0.29) is 24.3 Å². The van der Waals surface area contributed by atoms with Crippen LogP contribution in [0.5, 0.6) is 11.5 Å². The maximum atomic E-state index is 12.3. The molecule has 36 heavy (non-hydrogen) atoms. The number of carbonyl (C=O) groups excluding carboxylic acids is 3. The van der Waals surface area contributed by atoms with Gasteiger partial charge in [0.2, 0.25) is 0 Å². The van der Waals surface area contributed by atoms with Crippen LogP contribution in [0.25, 0.3) is 0 Å². The molecular formula is C23H23Cl2IN4O6. The van der Waals surface area contributed by atoms with Crippen molar-refractivity contribution in [2.24, 2.45) is 5.10 Å². The number of hydrogen-bond donors (Lipinski definition) is 3. The van der Waals surface area contributed by atoms with Gasteiger partial charge in [-0.05, 0) is 65.3 Å². The zero-order chi connectivity index (χ0) is 26.1. The molecule has 1 atom stereocenters. The quantitative estimate of drug-likeness (QED) is 0.166. The molecule has 3 amide bonds. The number of nitrogens with one attached hydrogen (secondary N) is 3. The summed E-state index contributed by atoms with van der Waals surface area (Å²) < 4.78 is 17.1. The Bertz CT molecular complexity index is 1160. The van der Waals surface area contributed by atoms with Crippen molar-refractivity contribution in [2.75, 3.05) is 32.2 Å². The van der Waals surface area contributed by atoms with Crippen molar-refractivity contribution in [1.82, 2.24) is 10.7 Å². The summed E-state index contributed by atoms with van der Waals surface area (Å²) in [6, 6.07) is 8.21. The Kier molecular flexibility index (Phi) is 10.6. The number of methoxy groups -OCH3 is 1. The van der Waals surface area contributed by atoms with Gasteiger partial charge in [0, 0.05) is 13.2 Å². The van der Waals surface area contributed by atoms with Crippen LogP contribution in [0.1, 0.15) is 18.4 Å². The lowest BCUT2D eigenvalue weighted by molar-refractivity contribution is -0.139. The summed E-state index contributed by atoms with van der Waals surface area (Å²) in [4.78, 5) is 36.1. The molecule has 2 aromatic carbocycles. The van der Waals surface area contributed by atoms with Crippen molar-refractivity contribution in [3.63, 3.8) is 0 Å². The molecule has 1 heterocycles. The predicted octanol–water partition coefficient (Wildman–Crippen LogP) is 3.37. The third-order valence-corrected chi connectivity index (χ3v) is 6.55.